The summed E-state index contributed by atoms with van der Waals surface area (Å²) in [7, 11) is -0.783. The van der Waals surface area contributed by atoms with Crippen LogP contribution in [0.15, 0.2) is 58.4 Å². The molecule has 1 N–H and O–H groups in total. The second kappa shape index (κ2) is 7.72. The van der Waals surface area contributed by atoms with Gasteiger partial charge in [-0.1, -0.05) is 18.2 Å². The van der Waals surface area contributed by atoms with Crippen molar-refractivity contribution in [2.75, 3.05) is 13.7 Å². The predicted octanol–water partition coefficient (Wildman–Crippen LogP) is 0.631. The van der Waals surface area contributed by atoms with E-state index in [0.717, 1.165) is 0 Å². The number of sulfonamides is 1. The quantitative estimate of drug-likeness (QED) is 0.635. The van der Waals surface area contributed by atoms with Crippen molar-refractivity contribution in [3.63, 3.8) is 0 Å². The van der Waals surface area contributed by atoms with Gasteiger partial charge in [-0.25, -0.2) is 22.6 Å². The summed E-state index contributed by atoms with van der Waals surface area (Å²) in [6.45, 7) is 0.0762. The monoisotopic (exact) mass is 389 g/mol. The zero-order chi connectivity index (χ0) is 19.4. The first kappa shape index (κ1) is 18.8. The second-order valence-corrected chi connectivity index (χ2v) is 7.39. The number of pyridine rings is 1. The van der Waals surface area contributed by atoms with Crippen LogP contribution in [0.25, 0.3) is 11.5 Å². The molecule has 0 radical (unpaired) electrons. The van der Waals surface area contributed by atoms with Gasteiger partial charge in [0.2, 0.25) is 10.0 Å². The van der Waals surface area contributed by atoms with E-state index in [4.69, 9.17) is 4.74 Å². The van der Waals surface area contributed by atoms with E-state index in [9.17, 15) is 13.2 Å². The molecule has 142 valence electrons. The molecular weight excluding hydrogens is 370 g/mol. The van der Waals surface area contributed by atoms with E-state index < -0.39 is 10.0 Å². The fourth-order valence-corrected chi connectivity index (χ4v) is 3.75. The SMILES string of the molecule is COc1ccccc1S(=O)(=O)NCCn1nc(-c2ccccn2)n(C)c1=O. The maximum absolute atomic E-state index is 12.5. The molecule has 27 heavy (non-hydrogen) atoms. The number of ether oxygens (including phenoxy) is 1. The Bertz CT molecular complexity index is 1090. The van der Waals surface area contributed by atoms with Crippen molar-refractivity contribution in [1.82, 2.24) is 24.1 Å². The highest BCUT2D eigenvalue weighted by atomic mass is 32.2. The van der Waals surface area contributed by atoms with Crippen LogP contribution in [0.3, 0.4) is 0 Å². The molecule has 0 aliphatic carbocycles. The Labute approximate surface area is 156 Å². The van der Waals surface area contributed by atoms with Gasteiger partial charge in [0.1, 0.15) is 16.3 Å². The molecule has 0 bridgehead atoms. The smallest absolute Gasteiger partial charge is 0.346 e. The van der Waals surface area contributed by atoms with Crippen LogP contribution in [0.2, 0.25) is 0 Å². The summed E-state index contributed by atoms with van der Waals surface area (Å²) in [5.74, 6) is 0.658. The Balaban J connectivity index is 1.75. The van der Waals surface area contributed by atoms with Gasteiger partial charge in [0, 0.05) is 19.8 Å². The molecule has 0 saturated carbocycles. The lowest BCUT2D eigenvalue weighted by Gasteiger charge is -2.10. The van der Waals surface area contributed by atoms with Gasteiger partial charge in [-0.2, -0.15) is 0 Å². The molecular formula is C17H19N5O4S. The van der Waals surface area contributed by atoms with Crippen LogP contribution in [-0.4, -0.2) is 41.4 Å². The van der Waals surface area contributed by atoms with Crippen molar-refractivity contribution in [1.29, 1.82) is 0 Å². The summed E-state index contributed by atoms with van der Waals surface area (Å²) in [4.78, 5) is 16.5. The van der Waals surface area contributed by atoms with E-state index in [1.54, 1.807) is 49.6 Å². The molecule has 2 heterocycles. The van der Waals surface area contributed by atoms with Crippen LogP contribution >= 0.6 is 0 Å². The molecule has 0 atom stereocenters. The van der Waals surface area contributed by atoms with Gasteiger partial charge in [0.15, 0.2) is 5.82 Å². The Hall–Kier alpha value is -2.98. The van der Waals surface area contributed by atoms with Crippen LogP contribution < -0.4 is 15.1 Å². The van der Waals surface area contributed by atoms with Crippen molar-refractivity contribution >= 4 is 10.0 Å². The lowest BCUT2D eigenvalue weighted by atomic mass is 10.3. The Morgan fingerprint density at radius 3 is 2.59 bits per heavy atom. The fourth-order valence-electron chi connectivity index (χ4n) is 2.56. The molecule has 0 fully saturated rings. The third-order valence-electron chi connectivity index (χ3n) is 3.91. The highest BCUT2D eigenvalue weighted by Gasteiger charge is 2.19. The van der Waals surface area contributed by atoms with Crippen LogP contribution in [0.1, 0.15) is 0 Å². The molecule has 1 aromatic carbocycles. The highest BCUT2D eigenvalue weighted by Crippen LogP contribution is 2.22. The van der Waals surface area contributed by atoms with Gasteiger partial charge in [0.25, 0.3) is 0 Å². The molecule has 0 aliphatic rings. The van der Waals surface area contributed by atoms with Crippen molar-refractivity contribution in [3.05, 3.63) is 59.1 Å². The molecule has 0 unspecified atom stereocenters. The maximum atomic E-state index is 12.5. The normalized spacial score (nSPS) is 11.5. The van der Waals surface area contributed by atoms with Crippen molar-refractivity contribution in [2.45, 2.75) is 11.4 Å². The number of para-hydroxylation sites is 1. The molecule has 2 aromatic heterocycles. The van der Waals surface area contributed by atoms with Gasteiger partial charge in [-0.05, 0) is 24.3 Å². The average molecular weight is 389 g/mol. The van der Waals surface area contributed by atoms with E-state index >= 15 is 0 Å². The van der Waals surface area contributed by atoms with Crippen LogP contribution in [0.4, 0.5) is 0 Å². The lowest BCUT2D eigenvalue weighted by molar-refractivity contribution is 0.402. The Morgan fingerprint density at radius 1 is 1.15 bits per heavy atom. The van der Waals surface area contributed by atoms with Gasteiger partial charge < -0.3 is 4.74 Å². The number of nitrogens with zero attached hydrogens (tertiary/aromatic N) is 4. The third-order valence-corrected chi connectivity index (χ3v) is 5.41. The van der Waals surface area contributed by atoms with E-state index in [1.807, 2.05) is 0 Å². The first-order chi connectivity index (χ1) is 12.9. The van der Waals surface area contributed by atoms with Crippen molar-refractivity contribution in [3.8, 4) is 17.3 Å². The standard InChI is InChI=1S/C17H19N5O4S/c1-21-16(13-7-5-6-10-18-13)20-22(17(21)23)12-11-19-27(24,25)15-9-4-3-8-14(15)26-2/h3-10,19H,11-12H2,1-2H3. The van der Waals surface area contributed by atoms with Crippen LogP contribution in [0, 0.1) is 0 Å². The predicted molar refractivity (Wildman–Crippen MR) is 98.9 cm³/mol. The molecule has 3 rings (SSSR count). The number of nitrogens with one attached hydrogen (secondary N) is 1. The van der Waals surface area contributed by atoms with Gasteiger partial charge in [0.05, 0.1) is 13.7 Å². The lowest BCUT2D eigenvalue weighted by Crippen LogP contribution is -2.32. The number of rotatable bonds is 7. The fraction of sp³-hybridized carbons (Fsp3) is 0.235. The number of hydrogen-bond donors (Lipinski definition) is 1. The molecule has 10 heteroatoms. The van der Waals surface area contributed by atoms with Crippen molar-refractivity contribution in [2.24, 2.45) is 7.05 Å². The number of methoxy groups -OCH3 is 1. The van der Waals surface area contributed by atoms with Gasteiger partial charge >= 0.3 is 5.69 Å². The zero-order valence-electron chi connectivity index (χ0n) is 14.9. The largest absolute Gasteiger partial charge is 0.495 e. The van der Waals surface area contributed by atoms with Crippen LogP contribution in [0.5, 0.6) is 5.75 Å². The number of aromatic nitrogens is 4. The number of benzene rings is 1. The van der Waals surface area contributed by atoms with Crippen molar-refractivity contribution < 1.29 is 13.2 Å². The minimum Gasteiger partial charge on any atom is -0.495 e. The molecule has 0 aliphatic heterocycles. The van der Waals surface area contributed by atoms with E-state index in [-0.39, 0.29) is 29.4 Å². The second-order valence-electron chi connectivity index (χ2n) is 5.65. The van der Waals surface area contributed by atoms with E-state index in [1.165, 1.54) is 22.4 Å². The van der Waals surface area contributed by atoms with Gasteiger partial charge in [-0.15, -0.1) is 5.10 Å². The molecule has 0 spiro atoms. The minimum atomic E-state index is -3.78. The summed E-state index contributed by atoms with van der Waals surface area (Å²) >= 11 is 0. The van der Waals surface area contributed by atoms with Crippen LogP contribution in [-0.2, 0) is 23.6 Å². The summed E-state index contributed by atoms with van der Waals surface area (Å²) in [5, 5.41) is 4.25. The summed E-state index contributed by atoms with van der Waals surface area (Å²) in [5.41, 5.74) is 0.206. The third kappa shape index (κ3) is 3.91. The Morgan fingerprint density at radius 2 is 1.89 bits per heavy atom. The maximum Gasteiger partial charge on any atom is 0.346 e. The average Bonchev–Trinajstić information content (AvgIpc) is 2.97. The minimum absolute atomic E-state index is 0.00103. The summed E-state index contributed by atoms with van der Waals surface area (Å²) in [6.07, 6.45) is 1.61. The molecule has 0 saturated heterocycles. The number of hydrogen-bond acceptors (Lipinski definition) is 6. The topological polar surface area (TPSA) is 108 Å². The first-order valence-corrected chi connectivity index (χ1v) is 9.60. The first-order valence-electron chi connectivity index (χ1n) is 8.12. The highest BCUT2D eigenvalue weighted by molar-refractivity contribution is 7.89. The molecule has 9 nitrogen and oxygen atoms in total. The van der Waals surface area contributed by atoms with E-state index in [0.29, 0.717) is 11.5 Å². The molecule has 0 amide bonds. The summed E-state index contributed by atoms with van der Waals surface area (Å²) < 4.78 is 35.1. The molecule has 3 aromatic rings. The van der Waals surface area contributed by atoms with E-state index in [2.05, 4.69) is 14.8 Å². The summed E-state index contributed by atoms with van der Waals surface area (Å²) in [6, 6.07) is 11.6. The zero-order valence-corrected chi connectivity index (χ0v) is 15.7. The van der Waals surface area contributed by atoms with Gasteiger partial charge in [-0.3, -0.25) is 9.55 Å². The Kier molecular flexibility index (Phi) is 5.38.